The summed E-state index contributed by atoms with van der Waals surface area (Å²) in [4.78, 5) is 33.2. The first-order valence-corrected chi connectivity index (χ1v) is 35.3. The quantitative estimate of drug-likeness (QED) is 0.0287. The molecule has 0 fully saturated rings. The van der Waals surface area contributed by atoms with Gasteiger partial charge in [0.2, 0.25) is 0 Å². The van der Waals surface area contributed by atoms with Gasteiger partial charge in [0.15, 0.2) is 0 Å². The molecule has 0 spiro atoms. The molecule has 0 aliphatic rings. The molecule has 0 aliphatic heterocycles. The molecule has 0 atom stereocenters. The van der Waals surface area contributed by atoms with Crippen molar-refractivity contribution in [2.24, 2.45) is 9.98 Å². The smallest absolute Gasteiger partial charge is 0.869 e. The van der Waals surface area contributed by atoms with Crippen LogP contribution < -0.4 is 10.2 Å². The molecule has 0 heterocycles. The van der Waals surface area contributed by atoms with E-state index in [2.05, 4.69) is 139 Å². The number of phenols is 2. The average molecular weight is 1180 g/mol. The molecule has 13 heteroatoms. The predicted molar refractivity (Wildman–Crippen MR) is 320 cm³/mol. The molecule has 0 aliphatic carbocycles. The van der Waals surface area contributed by atoms with E-state index in [1.165, 1.54) is 23.3 Å². The number of phenolic OH excluding ortho intramolecular Hbond substituents is 2. The zero-order valence-corrected chi connectivity index (χ0v) is 52.1. The van der Waals surface area contributed by atoms with Crippen LogP contribution >= 0.6 is 0 Å². The van der Waals surface area contributed by atoms with Crippen LogP contribution in [0.25, 0.3) is 0 Å². The van der Waals surface area contributed by atoms with Crippen LogP contribution in [0.5, 0.6) is 23.0 Å². The van der Waals surface area contributed by atoms with E-state index in [9.17, 15) is 40.2 Å². The SMILES string of the molecule is CCCC#CCCc1ccccc1N=C(CCCC)C(CCCC)=Nc1ccccc1CCC#CCCC.CCc1cc(O)c([O-])c(C(=O)O)c1CC[Si](C)(C)C.CCc1cc(O)c([O-])c(C(=O)O)c1CC[Si](C)(C)C.[Pd+2]. The third kappa shape index (κ3) is 25.3. The van der Waals surface area contributed by atoms with Gasteiger partial charge in [-0.2, -0.15) is 0 Å². The Hall–Kier alpha value is -5.42. The van der Waals surface area contributed by atoms with Crippen LogP contribution in [-0.4, -0.2) is 59.9 Å². The minimum Gasteiger partial charge on any atom is -0.869 e. The Morgan fingerprint density at radius 2 is 0.844 bits per heavy atom. The minimum atomic E-state index is -1.32. The second-order valence-corrected chi connectivity index (χ2v) is 32.9. The number of carboxylic acids is 2. The Bertz CT molecular complexity index is 2500. The molecule has 10 nitrogen and oxygen atoms in total. The number of hydrogen-bond acceptors (Lipinski definition) is 8. The van der Waals surface area contributed by atoms with Gasteiger partial charge in [0.25, 0.3) is 0 Å². The number of aryl methyl sites for hydroxylation is 4. The summed E-state index contributed by atoms with van der Waals surface area (Å²) in [5, 5.41) is 61.1. The van der Waals surface area contributed by atoms with Crippen molar-refractivity contribution < 1.29 is 60.7 Å². The van der Waals surface area contributed by atoms with Crippen molar-refractivity contribution >= 4 is 50.9 Å². The summed E-state index contributed by atoms with van der Waals surface area (Å²) in [6.45, 7) is 25.9. The number of nitrogens with zero attached hydrogens (tertiary/aromatic N) is 2. The van der Waals surface area contributed by atoms with Gasteiger partial charge >= 0.3 is 32.4 Å². The number of aromatic carboxylic acids is 2. The second-order valence-electron chi connectivity index (χ2n) is 21.7. The van der Waals surface area contributed by atoms with Crippen LogP contribution in [0.2, 0.25) is 51.4 Å². The van der Waals surface area contributed by atoms with Gasteiger partial charge in [0.1, 0.15) is 11.5 Å². The maximum absolute atomic E-state index is 11.8. The van der Waals surface area contributed by atoms with Crippen molar-refractivity contribution in [2.75, 3.05) is 0 Å². The number of aliphatic imine (C=N–C) groups is 2. The third-order valence-corrected chi connectivity index (χ3v) is 16.3. The van der Waals surface area contributed by atoms with Crippen molar-refractivity contribution in [2.45, 2.75) is 208 Å². The number of carboxylic acid groups (broad SMARTS) is 2. The Kier molecular flexibility index (Phi) is 33.1. The van der Waals surface area contributed by atoms with Crippen LogP contribution in [-0.2, 0) is 58.9 Å². The molecule has 0 unspecified atom stereocenters. The monoisotopic (exact) mass is 1180 g/mol. The molecule has 422 valence electrons. The molecule has 77 heavy (non-hydrogen) atoms. The van der Waals surface area contributed by atoms with Gasteiger partial charge in [0, 0.05) is 41.8 Å². The van der Waals surface area contributed by atoms with E-state index in [0.29, 0.717) is 36.8 Å². The van der Waals surface area contributed by atoms with E-state index < -0.39 is 51.1 Å². The molecule has 0 bridgehead atoms. The second kappa shape index (κ2) is 36.6. The Morgan fingerprint density at radius 3 is 1.14 bits per heavy atom. The van der Waals surface area contributed by atoms with Crippen LogP contribution in [0, 0.1) is 23.7 Å². The fourth-order valence-corrected chi connectivity index (χ4v) is 10.3. The van der Waals surface area contributed by atoms with E-state index in [1.54, 1.807) is 0 Å². The normalized spacial score (nSPS) is 11.4. The molecule has 0 saturated carbocycles. The van der Waals surface area contributed by atoms with E-state index >= 15 is 0 Å². The number of benzene rings is 4. The van der Waals surface area contributed by atoms with Crippen LogP contribution in [0.4, 0.5) is 11.4 Å². The Morgan fingerprint density at radius 1 is 0.506 bits per heavy atom. The fraction of sp³-hybridized carbons (Fsp3) is 0.500. The zero-order chi connectivity index (χ0) is 56.8. The molecular weight excluding hydrogens is 1090 g/mol. The van der Waals surface area contributed by atoms with Crippen LogP contribution in [0.15, 0.2) is 70.6 Å². The standard InChI is InChI=1S/C36H48N2.2C14H22O4Si.Pd/c1-5-9-13-15-17-23-31-25-19-21-29-33(31)37-35(27-11-7-3)36(28-12-8-4)38-34-30-22-20-26-32(34)24-18-16-14-10-6-2;2*1-5-9-8-11(15)13(16)12(14(17)18)10(9)6-7-19(2,3)4;/h19-22,25-26,29-30H,5-12,17-18,23-24,27-28H2,1-4H3;2*8,15-16H,5-7H2,1-4H3,(H,17,18);/q;;;+2/p-2. The van der Waals surface area contributed by atoms with Gasteiger partial charge in [0.05, 0.1) is 33.9 Å². The topological polar surface area (TPSA) is 186 Å². The maximum atomic E-state index is 11.8. The number of hydrogen-bond donors (Lipinski definition) is 4. The molecule has 0 amide bonds. The molecular formula is C64H90N2O8PdSi2. The minimum absolute atomic E-state index is 0. The first-order chi connectivity index (χ1) is 36.1. The summed E-state index contributed by atoms with van der Waals surface area (Å²) in [6, 6.07) is 21.8. The summed E-state index contributed by atoms with van der Waals surface area (Å²) < 4.78 is 0. The van der Waals surface area contributed by atoms with Crippen molar-refractivity contribution in [3.8, 4) is 46.7 Å². The van der Waals surface area contributed by atoms with Gasteiger partial charge in [-0.3, -0.25) is 9.98 Å². The predicted octanol–water partition coefficient (Wildman–Crippen LogP) is 15.6. The van der Waals surface area contributed by atoms with E-state index in [4.69, 9.17) is 9.98 Å². The van der Waals surface area contributed by atoms with Crippen molar-refractivity contribution in [1.29, 1.82) is 0 Å². The first-order valence-electron chi connectivity index (χ1n) is 27.9. The van der Waals surface area contributed by atoms with Crippen molar-refractivity contribution in [3.05, 3.63) is 105 Å². The molecule has 0 aromatic heterocycles. The van der Waals surface area contributed by atoms with Gasteiger partial charge in [-0.25, -0.2) is 9.59 Å². The summed E-state index contributed by atoms with van der Waals surface area (Å²) in [5.74, 6) is 8.26. The molecule has 0 radical (unpaired) electrons. The molecule has 4 aromatic rings. The van der Waals surface area contributed by atoms with E-state index in [-0.39, 0.29) is 31.5 Å². The maximum Gasteiger partial charge on any atom is 2.00 e. The van der Waals surface area contributed by atoms with Gasteiger partial charge < -0.3 is 30.6 Å². The first kappa shape index (κ1) is 69.6. The van der Waals surface area contributed by atoms with Gasteiger partial charge in [-0.05, 0) is 135 Å². The molecule has 4 aromatic carbocycles. The van der Waals surface area contributed by atoms with E-state index in [0.717, 1.165) is 136 Å². The summed E-state index contributed by atoms with van der Waals surface area (Å²) >= 11 is 0. The zero-order valence-electron chi connectivity index (χ0n) is 48.5. The Labute approximate surface area is 479 Å². The summed E-state index contributed by atoms with van der Waals surface area (Å²) in [7, 11) is -2.64. The molecule has 4 rings (SSSR count). The van der Waals surface area contributed by atoms with Gasteiger partial charge in [-0.15, -0.1) is 23.7 Å². The number of unbranched alkanes of at least 4 members (excludes halogenated alkanes) is 4. The fourth-order valence-electron chi connectivity index (χ4n) is 8.31. The largest absolute Gasteiger partial charge is 2.00 e. The van der Waals surface area contributed by atoms with Crippen LogP contribution in [0.3, 0.4) is 0 Å². The summed E-state index contributed by atoms with van der Waals surface area (Å²) in [5.41, 5.74) is 9.16. The Balaban J connectivity index is 0.000000637. The summed E-state index contributed by atoms with van der Waals surface area (Å²) in [6.07, 6.45) is 16.6. The number of para-hydroxylation sites is 2. The number of aromatic hydroxyl groups is 2. The average Bonchev–Trinajstić information content (AvgIpc) is 3.37. The van der Waals surface area contributed by atoms with Gasteiger partial charge in [-0.1, -0.05) is 154 Å². The molecule has 0 saturated heterocycles. The van der Waals surface area contributed by atoms with Crippen molar-refractivity contribution in [3.63, 3.8) is 0 Å². The van der Waals surface area contributed by atoms with E-state index in [1.807, 2.05) is 13.8 Å². The third-order valence-electron chi connectivity index (χ3n) is 12.8. The van der Waals surface area contributed by atoms with Crippen molar-refractivity contribution in [1.82, 2.24) is 0 Å². The number of carbonyl (C=O) groups is 2. The number of rotatable bonds is 25. The van der Waals surface area contributed by atoms with Crippen LogP contribution in [0.1, 0.15) is 173 Å². The molecule has 4 N–H and O–H groups in total.